The second-order valence-electron chi connectivity index (χ2n) is 4.29. The number of nitrogens with one attached hydrogen (secondary N) is 1. The normalized spacial score (nSPS) is 11.9. The van der Waals surface area contributed by atoms with Crippen LogP contribution in [0.2, 0.25) is 0 Å². The molecule has 0 fully saturated rings. The lowest BCUT2D eigenvalue weighted by molar-refractivity contribution is -0.135. The van der Waals surface area contributed by atoms with Crippen molar-refractivity contribution in [1.29, 1.82) is 0 Å². The first-order chi connectivity index (χ1) is 8.49. The van der Waals surface area contributed by atoms with Crippen molar-refractivity contribution in [3.8, 4) is 0 Å². The molecule has 100 valence electrons. The van der Waals surface area contributed by atoms with Crippen LogP contribution in [-0.2, 0) is 16.1 Å². The van der Waals surface area contributed by atoms with Crippen molar-refractivity contribution >= 4 is 23.2 Å². The first-order valence-electron chi connectivity index (χ1n) is 5.77. The summed E-state index contributed by atoms with van der Waals surface area (Å²) in [7, 11) is 1.61. The minimum atomic E-state index is -0.186. The molecule has 0 bridgehead atoms. The molecule has 18 heavy (non-hydrogen) atoms. The number of amides is 2. The number of nitrogens with zero attached hydrogens (tertiary/aromatic N) is 1. The largest absolute Gasteiger partial charge is 0.350 e. The average molecular weight is 269 g/mol. The quantitative estimate of drug-likeness (QED) is 0.792. The lowest BCUT2D eigenvalue weighted by atomic mass is 10.2. The highest BCUT2D eigenvalue weighted by Gasteiger charge is 2.14. The van der Waals surface area contributed by atoms with Crippen molar-refractivity contribution in [3.63, 3.8) is 0 Å². The number of hydrogen-bond donors (Lipinski definition) is 2. The maximum Gasteiger partial charge on any atom is 0.239 e. The Morgan fingerprint density at radius 1 is 1.56 bits per heavy atom. The number of rotatable bonds is 6. The molecule has 1 aromatic rings. The summed E-state index contributed by atoms with van der Waals surface area (Å²) < 4.78 is 0. The SMILES string of the molecule is CC(N)CC(=O)N(C)CC(=O)NCc1cccs1. The molecule has 1 atom stereocenters. The zero-order valence-corrected chi connectivity index (χ0v) is 11.5. The standard InChI is InChI=1S/C12H19N3O2S/c1-9(13)6-12(17)15(2)8-11(16)14-7-10-4-3-5-18-10/h3-5,9H,6-8,13H2,1-2H3,(H,14,16). The molecule has 0 saturated heterocycles. The monoisotopic (exact) mass is 269 g/mol. The molecule has 1 unspecified atom stereocenters. The summed E-state index contributed by atoms with van der Waals surface area (Å²) in [4.78, 5) is 25.7. The van der Waals surface area contributed by atoms with Gasteiger partial charge >= 0.3 is 0 Å². The molecule has 1 rings (SSSR count). The lowest BCUT2D eigenvalue weighted by Crippen LogP contribution is -2.39. The van der Waals surface area contributed by atoms with Crippen LogP contribution in [-0.4, -0.2) is 36.3 Å². The third-order valence-electron chi connectivity index (χ3n) is 2.34. The van der Waals surface area contributed by atoms with E-state index in [4.69, 9.17) is 5.73 Å². The summed E-state index contributed by atoms with van der Waals surface area (Å²) in [5.41, 5.74) is 5.54. The van der Waals surface area contributed by atoms with Crippen LogP contribution in [0, 0.1) is 0 Å². The van der Waals surface area contributed by atoms with E-state index in [2.05, 4.69) is 5.32 Å². The molecule has 1 heterocycles. The zero-order valence-electron chi connectivity index (χ0n) is 10.7. The van der Waals surface area contributed by atoms with Crippen LogP contribution >= 0.6 is 11.3 Å². The fraction of sp³-hybridized carbons (Fsp3) is 0.500. The minimum absolute atomic E-state index is 0.0664. The van der Waals surface area contributed by atoms with Crippen molar-refractivity contribution in [3.05, 3.63) is 22.4 Å². The molecule has 0 aromatic carbocycles. The smallest absolute Gasteiger partial charge is 0.239 e. The van der Waals surface area contributed by atoms with Crippen LogP contribution in [0.25, 0.3) is 0 Å². The van der Waals surface area contributed by atoms with Crippen LogP contribution in [0.4, 0.5) is 0 Å². The fourth-order valence-corrected chi connectivity index (χ4v) is 2.03. The molecule has 0 radical (unpaired) electrons. The summed E-state index contributed by atoms with van der Waals surface area (Å²) in [5, 5.41) is 4.73. The van der Waals surface area contributed by atoms with Crippen molar-refractivity contribution in [2.45, 2.75) is 25.9 Å². The van der Waals surface area contributed by atoms with Gasteiger partial charge < -0.3 is 16.0 Å². The highest BCUT2D eigenvalue weighted by atomic mass is 32.1. The first-order valence-corrected chi connectivity index (χ1v) is 6.65. The molecular formula is C12H19N3O2S. The van der Waals surface area contributed by atoms with E-state index in [1.165, 1.54) is 4.90 Å². The molecule has 0 aliphatic heterocycles. The molecule has 3 N–H and O–H groups in total. The Hall–Kier alpha value is -1.40. The van der Waals surface area contributed by atoms with E-state index in [-0.39, 0.29) is 30.8 Å². The number of likely N-dealkylation sites (N-methyl/N-ethyl adjacent to an activating group) is 1. The van der Waals surface area contributed by atoms with E-state index in [1.807, 2.05) is 17.5 Å². The fourth-order valence-electron chi connectivity index (χ4n) is 1.39. The van der Waals surface area contributed by atoms with Gasteiger partial charge in [0.1, 0.15) is 0 Å². The molecule has 5 nitrogen and oxygen atoms in total. The Kier molecular flexibility index (Phi) is 5.80. The third-order valence-corrected chi connectivity index (χ3v) is 3.22. The topological polar surface area (TPSA) is 75.4 Å². The van der Waals surface area contributed by atoms with E-state index < -0.39 is 0 Å². The van der Waals surface area contributed by atoms with Gasteiger partial charge in [-0.3, -0.25) is 9.59 Å². The Morgan fingerprint density at radius 2 is 2.28 bits per heavy atom. The number of hydrogen-bond acceptors (Lipinski definition) is 4. The Balaban J connectivity index is 2.29. The van der Waals surface area contributed by atoms with Crippen LogP contribution in [0.5, 0.6) is 0 Å². The molecular weight excluding hydrogens is 250 g/mol. The van der Waals surface area contributed by atoms with E-state index in [9.17, 15) is 9.59 Å². The van der Waals surface area contributed by atoms with Gasteiger partial charge in [-0.15, -0.1) is 11.3 Å². The van der Waals surface area contributed by atoms with Gasteiger partial charge in [0.15, 0.2) is 0 Å². The number of thiophene rings is 1. The van der Waals surface area contributed by atoms with Gasteiger partial charge in [-0.1, -0.05) is 6.07 Å². The second kappa shape index (κ2) is 7.13. The number of carbonyl (C=O) groups is 2. The Morgan fingerprint density at radius 3 is 2.83 bits per heavy atom. The van der Waals surface area contributed by atoms with Crippen LogP contribution < -0.4 is 11.1 Å². The Labute approximate surface area is 111 Å². The van der Waals surface area contributed by atoms with Gasteiger partial charge in [-0.25, -0.2) is 0 Å². The van der Waals surface area contributed by atoms with E-state index in [0.29, 0.717) is 6.54 Å². The van der Waals surface area contributed by atoms with Gasteiger partial charge in [0.05, 0.1) is 13.1 Å². The predicted octanol–water partition coefficient (Wildman–Crippen LogP) is 0.560. The molecule has 0 aliphatic carbocycles. The molecule has 2 amide bonds. The maximum absolute atomic E-state index is 11.6. The van der Waals surface area contributed by atoms with E-state index in [0.717, 1.165) is 4.88 Å². The highest BCUT2D eigenvalue weighted by Crippen LogP contribution is 2.07. The first kappa shape index (κ1) is 14.7. The number of carbonyl (C=O) groups excluding carboxylic acids is 2. The summed E-state index contributed by atoms with van der Waals surface area (Å²) in [6.07, 6.45) is 0.259. The van der Waals surface area contributed by atoms with Gasteiger partial charge in [0.2, 0.25) is 11.8 Å². The van der Waals surface area contributed by atoms with Crippen molar-refractivity contribution in [2.24, 2.45) is 5.73 Å². The lowest BCUT2D eigenvalue weighted by Gasteiger charge is -2.17. The van der Waals surface area contributed by atoms with E-state index in [1.54, 1.807) is 25.3 Å². The van der Waals surface area contributed by atoms with Crippen LogP contribution in [0.1, 0.15) is 18.2 Å². The second-order valence-corrected chi connectivity index (χ2v) is 5.32. The van der Waals surface area contributed by atoms with Crippen molar-refractivity contribution in [1.82, 2.24) is 10.2 Å². The molecule has 0 saturated carbocycles. The molecule has 6 heteroatoms. The third kappa shape index (κ3) is 5.29. The van der Waals surface area contributed by atoms with Crippen LogP contribution in [0.15, 0.2) is 17.5 Å². The number of nitrogens with two attached hydrogens (primary N) is 1. The summed E-state index contributed by atoms with van der Waals surface area (Å²) in [6, 6.07) is 3.70. The van der Waals surface area contributed by atoms with Gasteiger partial charge in [0.25, 0.3) is 0 Å². The maximum atomic E-state index is 11.6. The minimum Gasteiger partial charge on any atom is -0.350 e. The molecule has 0 spiro atoms. The molecule has 0 aliphatic rings. The molecule has 1 aromatic heterocycles. The van der Waals surface area contributed by atoms with Gasteiger partial charge in [-0.05, 0) is 18.4 Å². The predicted molar refractivity (Wildman–Crippen MR) is 72.1 cm³/mol. The summed E-state index contributed by atoms with van der Waals surface area (Å²) >= 11 is 1.59. The van der Waals surface area contributed by atoms with E-state index >= 15 is 0 Å². The van der Waals surface area contributed by atoms with Crippen molar-refractivity contribution < 1.29 is 9.59 Å². The average Bonchev–Trinajstić information content (AvgIpc) is 2.78. The van der Waals surface area contributed by atoms with Gasteiger partial charge in [0, 0.05) is 24.4 Å². The highest BCUT2D eigenvalue weighted by molar-refractivity contribution is 7.09. The summed E-state index contributed by atoms with van der Waals surface area (Å²) in [6.45, 7) is 2.34. The van der Waals surface area contributed by atoms with Gasteiger partial charge in [-0.2, -0.15) is 0 Å². The zero-order chi connectivity index (χ0) is 13.5. The summed E-state index contributed by atoms with van der Waals surface area (Å²) in [5.74, 6) is -0.278. The van der Waals surface area contributed by atoms with Crippen molar-refractivity contribution in [2.75, 3.05) is 13.6 Å². The van der Waals surface area contributed by atoms with Crippen LogP contribution in [0.3, 0.4) is 0 Å². The Bertz CT molecular complexity index is 390.